The Morgan fingerprint density at radius 3 is 2.69 bits per heavy atom. The molecule has 7 nitrogen and oxygen atoms in total. The van der Waals surface area contributed by atoms with Gasteiger partial charge in [0.05, 0.1) is 18.6 Å². The van der Waals surface area contributed by atoms with Gasteiger partial charge >= 0.3 is 5.92 Å². The van der Waals surface area contributed by atoms with Crippen LogP contribution in [0.15, 0.2) is 6.33 Å². The van der Waals surface area contributed by atoms with Gasteiger partial charge in [0.25, 0.3) is 5.91 Å². The average Bonchev–Trinajstić information content (AvgIpc) is 3.35. The average molecular weight is 467 g/mol. The molecule has 1 amide bonds. The third-order valence-electron chi connectivity index (χ3n) is 7.04. The van der Waals surface area contributed by atoms with Crippen LogP contribution in [-0.2, 0) is 16.0 Å². The number of amides is 1. The molecular weight excluding hydrogens is 438 g/mol. The molecule has 0 radical (unpaired) electrons. The van der Waals surface area contributed by atoms with Gasteiger partial charge in [-0.3, -0.25) is 9.69 Å². The lowest BCUT2D eigenvalue weighted by Crippen LogP contribution is -2.46. The predicted octanol–water partition coefficient (Wildman–Crippen LogP) is 3.25. The van der Waals surface area contributed by atoms with Crippen LogP contribution in [0.5, 0.6) is 5.88 Å². The van der Waals surface area contributed by atoms with E-state index in [-0.39, 0.29) is 6.10 Å². The van der Waals surface area contributed by atoms with Gasteiger partial charge in [-0.1, -0.05) is 0 Å². The van der Waals surface area contributed by atoms with Crippen LogP contribution in [0.25, 0.3) is 10.2 Å². The van der Waals surface area contributed by atoms with E-state index in [4.69, 9.17) is 15.2 Å². The SMILES string of the molecule is NC(=O)C(F)(F)C[C@H]1CCc2sc3ncnc(O[C@H]4CC[C@H](N5CCOCC5)CC4)c3c21. The van der Waals surface area contributed by atoms with E-state index >= 15 is 0 Å². The molecule has 2 N–H and O–H groups in total. The number of alkyl halides is 2. The first-order valence-corrected chi connectivity index (χ1v) is 12.2. The summed E-state index contributed by atoms with van der Waals surface area (Å²) in [7, 11) is 0. The van der Waals surface area contributed by atoms with Crippen molar-refractivity contribution in [3.05, 3.63) is 16.8 Å². The van der Waals surface area contributed by atoms with E-state index in [9.17, 15) is 13.6 Å². The van der Waals surface area contributed by atoms with Crippen LogP contribution in [-0.4, -0.2) is 65.1 Å². The maximum Gasteiger partial charge on any atom is 0.324 e. The summed E-state index contributed by atoms with van der Waals surface area (Å²) in [6.45, 7) is 3.57. The van der Waals surface area contributed by atoms with Crippen LogP contribution in [0.3, 0.4) is 0 Å². The fourth-order valence-corrected chi connectivity index (χ4v) is 6.60. The Kier molecular flexibility index (Phi) is 6.02. The number of thiophene rings is 1. The second-order valence-electron chi connectivity index (χ2n) is 9.00. The lowest BCUT2D eigenvalue weighted by atomic mass is 9.91. The van der Waals surface area contributed by atoms with Crippen molar-refractivity contribution in [2.75, 3.05) is 26.3 Å². The van der Waals surface area contributed by atoms with Crippen molar-refractivity contribution in [1.82, 2.24) is 14.9 Å². The smallest absolute Gasteiger partial charge is 0.324 e. The van der Waals surface area contributed by atoms with E-state index in [0.717, 1.165) is 72.6 Å². The molecule has 2 fully saturated rings. The number of primary amides is 1. The van der Waals surface area contributed by atoms with Crippen LogP contribution in [0.2, 0.25) is 0 Å². The molecule has 2 aromatic rings. The minimum atomic E-state index is -3.53. The predicted molar refractivity (Wildman–Crippen MR) is 116 cm³/mol. The second kappa shape index (κ2) is 8.79. The van der Waals surface area contributed by atoms with E-state index in [2.05, 4.69) is 14.9 Å². The number of carbonyl (C=O) groups is 1. The van der Waals surface area contributed by atoms with Gasteiger partial charge in [-0.25, -0.2) is 9.97 Å². The highest BCUT2D eigenvalue weighted by Crippen LogP contribution is 2.49. The van der Waals surface area contributed by atoms with E-state index < -0.39 is 24.2 Å². The molecule has 2 aliphatic carbocycles. The number of carbonyl (C=O) groups excluding carboxylic acids is 1. The molecule has 0 unspecified atom stereocenters. The van der Waals surface area contributed by atoms with E-state index in [1.54, 1.807) is 0 Å². The van der Waals surface area contributed by atoms with Gasteiger partial charge in [0.1, 0.15) is 17.3 Å². The van der Waals surface area contributed by atoms with E-state index in [0.29, 0.717) is 24.8 Å². The lowest BCUT2D eigenvalue weighted by molar-refractivity contribution is -0.143. The monoisotopic (exact) mass is 466 g/mol. The van der Waals surface area contributed by atoms with Crippen LogP contribution in [0, 0.1) is 0 Å². The second-order valence-corrected chi connectivity index (χ2v) is 10.1. The number of hydrogen-bond donors (Lipinski definition) is 1. The first kappa shape index (κ1) is 21.9. The molecule has 0 aromatic carbocycles. The Hall–Kier alpha value is -1.91. The number of nitrogens with zero attached hydrogens (tertiary/aromatic N) is 3. The molecule has 1 saturated carbocycles. The van der Waals surface area contributed by atoms with Crippen LogP contribution >= 0.6 is 11.3 Å². The lowest BCUT2D eigenvalue weighted by Gasteiger charge is -2.38. The highest BCUT2D eigenvalue weighted by molar-refractivity contribution is 7.19. The van der Waals surface area contributed by atoms with Gasteiger partial charge in [0.15, 0.2) is 0 Å². The highest BCUT2D eigenvalue weighted by Gasteiger charge is 2.43. The molecule has 1 atom stereocenters. The van der Waals surface area contributed by atoms with Gasteiger partial charge in [0.2, 0.25) is 5.88 Å². The first-order chi connectivity index (χ1) is 15.4. The summed E-state index contributed by atoms with van der Waals surface area (Å²) < 4.78 is 40.0. The minimum absolute atomic E-state index is 0.0489. The van der Waals surface area contributed by atoms with Gasteiger partial charge < -0.3 is 15.2 Å². The molecule has 10 heteroatoms. The molecule has 174 valence electrons. The Morgan fingerprint density at radius 2 is 1.97 bits per heavy atom. The Bertz CT molecular complexity index is 987. The molecule has 1 aliphatic heterocycles. The summed E-state index contributed by atoms with van der Waals surface area (Å²) in [5.74, 6) is -5.08. The molecule has 1 saturated heterocycles. The summed E-state index contributed by atoms with van der Waals surface area (Å²) in [5, 5.41) is 0.741. The third-order valence-corrected chi connectivity index (χ3v) is 8.22. The molecule has 0 bridgehead atoms. The molecule has 2 aromatic heterocycles. The molecule has 0 spiro atoms. The van der Waals surface area contributed by atoms with Crippen molar-refractivity contribution in [1.29, 1.82) is 0 Å². The molecule has 5 rings (SSSR count). The number of morpholine rings is 1. The number of halogens is 2. The van der Waals surface area contributed by atoms with Crippen LogP contribution < -0.4 is 10.5 Å². The fourth-order valence-electron chi connectivity index (χ4n) is 5.37. The van der Waals surface area contributed by atoms with Crippen molar-refractivity contribution in [2.45, 2.75) is 68.9 Å². The number of aryl methyl sites for hydroxylation is 1. The van der Waals surface area contributed by atoms with Crippen molar-refractivity contribution in [2.24, 2.45) is 5.73 Å². The van der Waals surface area contributed by atoms with Crippen molar-refractivity contribution in [3.8, 4) is 5.88 Å². The van der Waals surface area contributed by atoms with Crippen molar-refractivity contribution < 1.29 is 23.0 Å². The van der Waals surface area contributed by atoms with Gasteiger partial charge in [-0.15, -0.1) is 11.3 Å². The number of fused-ring (bicyclic) bond motifs is 3. The Morgan fingerprint density at radius 1 is 1.22 bits per heavy atom. The standard InChI is InChI=1S/C22H28F2N4O3S/c23-22(24,21(25)29)11-13-1-6-16-17(13)18-19(26-12-27-20(18)32-16)31-15-4-2-14(3-5-15)28-7-9-30-10-8-28/h12-15H,1-11H2,(H2,25,29)/t13-,14-,15-/m1/s1. The topological polar surface area (TPSA) is 90.6 Å². The quantitative estimate of drug-likeness (QED) is 0.703. The summed E-state index contributed by atoms with van der Waals surface area (Å²) in [5.41, 5.74) is 5.75. The Balaban J connectivity index is 1.33. The third kappa shape index (κ3) is 4.20. The van der Waals surface area contributed by atoms with E-state index in [1.807, 2.05) is 0 Å². The number of ether oxygens (including phenoxy) is 2. The van der Waals surface area contributed by atoms with Gasteiger partial charge in [0, 0.05) is 30.4 Å². The van der Waals surface area contributed by atoms with E-state index in [1.165, 1.54) is 17.7 Å². The van der Waals surface area contributed by atoms with Crippen LogP contribution in [0.1, 0.15) is 54.9 Å². The Labute approximate surface area is 189 Å². The summed E-state index contributed by atoms with van der Waals surface area (Å²) >= 11 is 1.51. The van der Waals surface area contributed by atoms with Crippen molar-refractivity contribution >= 4 is 27.5 Å². The summed E-state index contributed by atoms with van der Waals surface area (Å²) in [4.78, 5) is 24.3. The zero-order valence-electron chi connectivity index (χ0n) is 17.9. The first-order valence-electron chi connectivity index (χ1n) is 11.3. The zero-order chi connectivity index (χ0) is 22.3. The van der Waals surface area contributed by atoms with Gasteiger partial charge in [-0.05, 0) is 50.0 Å². The zero-order valence-corrected chi connectivity index (χ0v) is 18.7. The molecule has 32 heavy (non-hydrogen) atoms. The maximum atomic E-state index is 14.1. The number of nitrogens with two attached hydrogens (primary N) is 1. The largest absolute Gasteiger partial charge is 0.474 e. The normalized spacial score (nSPS) is 26.9. The van der Waals surface area contributed by atoms with Crippen LogP contribution in [0.4, 0.5) is 8.78 Å². The number of rotatable bonds is 6. The molecule has 3 heterocycles. The maximum absolute atomic E-state index is 14.1. The minimum Gasteiger partial charge on any atom is -0.474 e. The number of hydrogen-bond acceptors (Lipinski definition) is 7. The van der Waals surface area contributed by atoms with Crippen molar-refractivity contribution in [3.63, 3.8) is 0 Å². The number of aromatic nitrogens is 2. The summed E-state index contributed by atoms with van der Waals surface area (Å²) in [6.07, 6.45) is 6.20. The highest BCUT2D eigenvalue weighted by atomic mass is 32.1. The molecule has 3 aliphatic rings. The fraction of sp³-hybridized carbons (Fsp3) is 0.682. The van der Waals surface area contributed by atoms with Gasteiger partial charge in [-0.2, -0.15) is 8.78 Å². The molecular formula is C22H28F2N4O3S. The summed E-state index contributed by atoms with van der Waals surface area (Å²) in [6, 6.07) is 0.565.